The fraction of sp³-hybridized carbons (Fsp3) is 0.529. The number of amides is 1. The molecule has 0 saturated heterocycles. The summed E-state index contributed by atoms with van der Waals surface area (Å²) in [6, 6.07) is 3.62. The minimum atomic E-state index is -0.285. The van der Waals surface area contributed by atoms with Gasteiger partial charge in [0.15, 0.2) is 0 Å². The lowest BCUT2D eigenvalue weighted by molar-refractivity contribution is 0.0741. The van der Waals surface area contributed by atoms with Gasteiger partial charge in [-0.25, -0.2) is 0 Å². The number of carbonyl (C=O) groups is 1. The van der Waals surface area contributed by atoms with Crippen molar-refractivity contribution in [3.05, 3.63) is 45.9 Å². The largest absolute Gasteiger partial charge is 0.328 e. The summed E-state index contributed by atoms with van der Waals surface area (Å²) >= 11 is 0. The number of aromatic amines is 1. The number of nitrogens with one attached hydrogen (secondary N) is 1. The molecule has 0 radical (unpaired) electrons. The topological polar surface area (TPSA) is 53.2 Å². The molecule has 114 valence electrons. The zero-order chi connectivity index (χ0) is 15.4. The van der Waals surface area contributed by atoms with Crippen LogP contribution >= 0.6 is 0 Å². The molecule has 4 heteroatoms. The van der Waals surface area contributed by atoms with E-state index in [0.29, 0.717) is 6.54 Å². The summed E-state index contributed by atoms with van der Waals surface area (Å²) < 4.78 is 0. The van der Waals surface area contributed by atoms with Crippen LogP contribution in [0.5, 0.6) is 0 Å². The molecular weight excluding hydrogens is 264 g/mol. The molecule has 0 aliphatic carbocycles. The van der Waals surface area contributed by atoms with E-state index in [0.717, 1.165) is 25.0 Å². The summed E-state index contributed by atoms with van der Waals surface area (Å²) in [6.07, 6.45) is 7.23. The third-order valence-corrected chi connectivity index (χ3v) is 3.96. The zero-order valence-corrected chi connectivity index (χ0v) is 13.1. The predicted octanol–water partition coefficient (Wildman–Crippen LogP) is 3.07. The van der Waals surface area contributed by atoms with Gasteiger partial charge >= 0.3 is 0 Å². The molecule has 1 aliphatic heterocycles. The Labute approximate surface area is 125 Å². The number of rotatable bonds is 5. The SMILES string of the molecule is CCCC[C@@H]1C=CCN1C(=O)c1ccc(C(C)C)[nH]c1=O. The third-order valence-electron chi connectivity index (χ3n) is 3.96. The van der Waals surface area contributed by atoms with Gasteiger partial charge in [0.1, 0.15) is 5.56 Å². The second-order valence-corrected chi connectivity index (χ2v) is 5.91. The Morgan fingerprint density at radius 3 is 2.81 bits per heavy atom. The van der Waals surface area contributed by atoms with E-state index >= 15 is 0 Å². The molecule has 0 aromatic carbocycles. The molecule has 0 unspecified atom stereocenters. The molecule has 1 aromatic heterocycles. The van der Waals surface area contributed by atoms with Gasteiger partial charge in [-0.15, -0.1) is 0 Å². The van der Waals surface area contributed by atoms with Crippen molar-refractivity contribution in [2.24, 2.45) is 0 Å². The molecule has 1 N–H and O–H groups in total. The Balaban J connectivity index is 2.18. The fourth-order valence-electron chi connectivity index (χ4n) is 2.62. The van der Waals surface area contributed by atoms with Crippen LogP contribution in [-0.2, 0) is 0 Å². The summed E-state index contributed by atoms with van der Waals surface area (Å²) in [5.41, 5.74) is 0.815. The van der Waals surface area contributed by atoms with E-state index < -0.39 is 0 Å². The minimum Gasteiger partial charge on any atom is -0.328 e. The van der Waals surface area contributed by atoms with Gasteiger partial charge in [-0.3, -0.25) is 9.59 Å². The molecule has 1 aliphatic rings. The second-order valence-electron chi connectivity index (χ2n) is 5.91. The number of carbonyl (C=O) groups excluding carboxylic acids is 1. The van der Waals surface area contributed by atoms with E-state index in [-0.39, 0.29) is 29.0 Å². The first-order chi connectivity index (χ1) is 10.0. The quantitative estimate of drug-likeness (QED) is 0.847. The van der Waals surface area contributed by atoms with Crippen molar-refractivity contribution in [2.45, 2.75) is 52.0 Å². The average Bonchev–Trinajstić information content (AvgIpc) is 2.92. The highest BCUT2D eigenvalue weighted by molar-refractivity contribution is 5.94. The Hall–Kier alpha value is -1.84. The van der Waals surface area contributed by atoms with Gasteiger partial charge in [0.05, 0.1) is 6.04 Å². The highest BCUT2D eigenvalue weighted by Crippen LogP contribution is 2.18. The van der Waals surface area contributed by atoms with Crippen molar-refractivity contribution >= 4 is 5.91 Å². The molecule has 2 rings (SSSR count). The average molecular weight is 288 g/mol. The minimum absolute atomic E-state index is 0.127. The molecule has 1 aromatic rings. The molecular formula is C17H24N2O2. The first-order valence-corrected chi connectivity index (χ1v) is 7.75. The molecule has 1 atom stereocenters. The van der Waals surface area contributed by atoms with Crippen LogP contribution in [0.15, 0.2) is 29.1 Å². The maximum Gasteiger partial charge on any atom is 0.261 e. The molecule has 21 heavy (non-hydrogen) atoms. The number of hydrogen-bond acceptors (Lipinski definition) is 2. The van der Waals surface area contributed by atoms with E-state index in [1.807, 2.05) is 26.0 Å². The second kappa shape index (κ2) is 6.74. The van der Waals surface area contributed by atoms with Crippen LogP contribution in [0.25, 0.3) is 0 Å². The van der Waals surface area contributed by atoms with Crippen LogP contribution in [0.3, 0.4) is 0 Å². The molecule has 0 spiro atoms. The van der Waals surface area contributed by atoms with Crippen molar-refractivity contribution in [1.29, 1.82) is 0 Å². The number of H-pyrrole nitrogens is 1. The molecule has 1 amide bonds. The monoisotopic (exact) mass is 288 g/mol. The van der Waals surface area contributed by atoms with Crippen LogP contribution in [0.1, 0.15) is 62.0 Å². The Morgan fingerprint density at radius 2 is 2.19 bits per heavy atom. The van der Waals surface area contributed by atoms with Crippen molar-refractivity contribution in [1.82, 2.24) is 9.88 Å². The number of hydrogen-bond donors (Lipinski definition) is 1. The Morgan fingerprint density at radius 1 is 1.43 bits per heavy atom. The van der Waals surface area contributed by atoms with Crippen LogP contribution < -0.4 is 5.56 Å². The summed E-state index contributed by atoms with van der Waals surface area (Å²) in [7, 11) is 0. The maximum atomic E-state index is 12.6. The van der Waals surface area contributed by atoms with Crippen molar-refractivity contribution in [3.63, 3.8) is 0 Å². The number of aromatic nitrogens is 1. The van der Waals surface area contributed by atoms with Crippen LogP contribution in [0.2, 0.25) is 0 Å². The van der Waals surface area contributed by atoms with E-state index in [1.165, 1.54) is 0 Å². The predicted molar refractivity (Wildman–Crippen MR) is 84.6 cm³/mol. The van der Waals surface area contributed by atoms with Gasteiger partial charge < -0.3 is 9.88 Å². The maximum absolute atomic E-state index is 12.6. The Bertz CT molecular complexity index is 587. The van der Waals surface area contributed by atoms with E-state index in [1.54, 1.807) is 11.0 Å². The Kier molecular flexibility index (Phi) is 4.99. The molecule has 4 nitrogen and oxygen atoms in total. The van der Waals surface area contributed by atoms with Crippen LogP contribution in [0, 0.1) is 0 Å². The highest BCUT2D eigenvalue weighted by Gasteiger charge is 2.26. The number of nitrogens with zero attached hydrogens (tertiary/aromatic N) is 1. The summed E-state index contributed by atoms with van der Waals surface area (Å²) in [5.74, 6) is 0.0743. The molecule has 2 heterocycles. The van der Waals surface area contributed by atoms with E-state index in [4.69, 9.17) is 0 Å². The van der Waals surface area contributed by atoms with E-state index in [2.05, 4.69) is 18.0 Å². The van der Waals surface area contributed by atoms with Crippen LogP contribution in [0.4, 0.5) is 0 Å². The van der Waals surface area contributed by atoms with Gasteiger partial charge in [-0.2, -0.15) is 0 Å². The summed E-state index contributed by atoms with van der Waals surface area (Å²) in [6.45, 7) is 6.76. The van der Waals surface area contributed by atoms with Gasteiger partial charge in [-0.05, 0) is 24.5 Å². The van der Waals surface area contributed by atoms with Gasteiger partial charge in [-0.1, -0.05) is 45.8 Å². The van der Waals surface area contributed by atoms with Crippen LogP contribution in [-0.4, -0.2) is 28.4 Å². The van der Waals surface area contributed by atoms with Crippen molar-refractivity contribution in [2.75, 3.05) is 6.54 Å². The number of unbranched alkanes of at least 4 members (excludes halogenated alkanes) is 1. The summed E-state index contributed by atoms with van der Waals surface area (Å²) in [5, 5.41) is 0. The van der Waals surface area contributed by atoms with Gasteiger partial charge in [0.2, 0.25) is 0 Å². The zero-order valence-electron chi connectivity index (χ0n) is 13.1. The van der Waals surface area contributed by atoms with Crippen molar-refractivity contribution < 1.29 is 4.79 Å². The van der Waals surface area contributed by atoms with Crippen molar-refractivity contribution in [3.8, 4) is 0 Å². The highest BCUT2D eigenvalue weighted by atomic mass is 16.2. The number of pyridine rings is 1. The summed E-state index contributed by atoms with van der Waals surface area (Å²) in [4.78, 5) is 29.3. The normalized spacial score (nSPS) is 17.7. The molecule has 0 fully saturated rings. The molecule has 0 bridgehead atoms. The van der Waals surface area contributed by atoms with Gasteiger partial charge in [0, 0.05) is 12.2 Å². The standard InChI is InChI=1S/C17H24N2O2/c1-4-5-7-13-8-6-11-19(13)17(21)14-9-10-15(12(2)3)18-16(14)20/h6,8-10,12-13H,4-5,7,11H2,1-3H3,(H,18,20)/t13-/m1/s1. The smallest absolute Gasteiger partial charge is 0.261 e. The lowest BCUT2D eigenvalue weighted by Gasteiger charge is -2.24. The molecule has 0 saturated carbocycles. The van der Waals surface area contributed by atoms with Gasteiger partial charge in [0.25, 0.3) is 11.5 Å². The first-order valence-electron chi connectivity index (χ1n) is 7.75. The lowest BCUT2D eigenvalue weighted by Crippen LogP contribution is -2.38. The van der Waals surface area contributed by atoms with E-state index in [9.17, 15) is 9.59 Å². The third kappa shape index (κ3) is 3.43. The first kappa shape index (κ1) is 15.5. The lowest BCUT2D eigenvalue weighted by atomic mass is 10.1. The fourth-order valence-corrected chi connectivity index (χ4v) is 2.62.